The minimum Gasteiger partial charge on any atom is -0.463 e. The molecular weight excluding hydrogens is 320 g/mol. The Morgan fingerprint density at radius 1 is 1.57 bits per heavy atom. The number of furan rings is 1. The van der Waals surface area contributed by atoms with Crippen LogP contribution in [0.25, 0.3) is 0 Å². The molecule has 1 rings (SSSR count). The number of rotatable bonds is 11. The zero-order chi connectivity index (χ0) is 17.2. The molecule has 23 heavy (non-hydrogen) atoms. The first-order valence-corrected chi connectivity index (χ1v) is 8.32. The molecule has 1 heterocycles. The quantitative estimate of drug-likeness (QED) is 0.310. The predicted octanol–water partition coefficient (Wildman–Crippen LogP) is 0.951. The summed E-state index contributed by atoms with van der Waals surface area (Å²) in [5.74, 6) is 3.46. The van der Waals surface area contributed by atoms with Crippen molar-refractivity contribution < 1.29 is 14.4 Å². The van der Waals surface area contributed by atoms with E-state index in [0.29, 0.717) is 24.7 Å². The number of aliphatic hydroxyl groups is 1. The van der Waals surface area contributed by atoms with E-state index in [1.807, 2.05) is 25.1 Å². The van der Waals surface area contributed by atoms with Crippen LogP contribution in [0.1, 0.15) is 17.1 Å². The summed E-state index contributed by atoms with van der Waals surface area (Å²) in [5, 5.41) is 25.4. The van der Waals surface area contributed by atoms with Crippen LogP contribution in [0.5, 0.6) is 0 Å². The fraction of sp³-hybridized carbons (Fsp3) is 0.571. The van der Waals surface area contributed by atoms with Gasteiger partial charge >= 0.3 is 0 Å². The minimum absolute atomic E-state index is 0.0316. The van der Waals surface area contributed by atoms with Gasteiger partial charge < -0.3 is 25.1 Å². The van der Waals surface area contributed by atoms with E-state index in [0.717, 1.165) is 29.0 Å². The number of nitrogens with zero attached hydrogens (tertiary/aromatic N) is 2. The molecule has 0 atom stereocenters. The summed E-state index contributed by atoms with van der Waals surface area (Å²) in [4.78, 5) is 11.9. The first-order valence-electron chi connectivity index (χ1n) is 7.17. The summed E-state index contributed by atoms with van der Waals surface area (Å²) in [7, 11) is 5.52. The lowest BCUT2D eigenvalue weighted by Crippen LogP contribution is -2.26. The van der Waals surface area contributed by atoms with Gasteiger partial charge in [0.05, 0.1) is 23.8 Å². The van der Waals surface area contributed by atoms with Gasteiger partial charge in [0.2, 0.25) is 0 Å². The van der Waals surface area contributed by atoms with E-state index in [9.17, 15) is 15.2 Å². The Balaban J connectivity index is 2.38. The molecule has 1 aromatic rings. The van der Waals surface area contributed by atoms with Gasteiger partial charge in [-0.3, -0.25) is 10.1 Å². The Morgan fingerprint density at radius 3 is 2.87 bits per heavy atom. The molecule has 0 amide bonds. The molecule has 0 aliphatic heterocycles. The standard InChI is InChI=1S/C14H24N4O4S/c1-15-14(8-18(20)21)16-4-5-23-10-12-6-11(9-19)13(22-12)7-17(2)3/h6,8,15-16,19H,4-5,7,9-10H2,1-3H3. The highest BCUT2D eigenvalue weighted by Gasteiger charge is 2.11. The highest BCUT2D eigenvalue weighted by atomic mass is 32.2. The monoisotopic (exact) mass is 344 g/mol. The maximum absolute atomic E-state index is 10.4. The lowest BCUT2D eigenvalue weighted by Gasteiger charge is -2.08. The average molecular weight is 344 g/mol. The number of aliphatic hydroxyl groups excluding tert-OH is 1. The van der Waals surface area contributed by atoms with Crippen molar-refractivity contribution in [2.75, 3.05) is 33.4 Å². The summed E-state index contributed by atoms with van der Waals surface area (Å²) in [5.41, 5.74) is 0.818. The Hall–Kier alpha value is -1.71. The maximum Gasteiger partial charge on any atom is 0.274 e. The molecule has 0 spiro atoms. The molecule has 9 heteroatoms. The Kier molecular flexibility index (Phi) is 8.52. The molecule has 3 N–H and O–H groups in total. The van der Waals surface area contributed by atoms with Crippen molar-refractivity contribution in [2.24, 2.45) is 0 Å². The number of hydrogen-bond acceptors (Lipinski definition) is 8. The molecule has 0 aromatic carbocycles. The molecule has 0 aliphatic carbocycles. The van der Waals surface area contributed by atoms with Crippen LogP contribution < -0.4 is 10.6 Å². The van der Waals surface area contributed by atoms with Gasteiger partial charge in [0.25, 0.3) is 6.20 Å². The fourth-order valence-electron chi connectivity index (χ4n) is 1.89. The third kappa shape index (κ3) is 7.40. The van der Waals surface area contributed by atoms with Gasteiger partial charge in [0.15, 0.2) is 5.82 Å². The molecule has 0 radical (unpaired) electrons. The average Bonchev–Trinajstić information content (AvgIpc) is 2.86. The summed E-state index contributed by atoms with van der Waals surface area (Å²) in [6, 6.07) is 1.88. The molecule has 0 unspecified atom stereocenters. The number of nitro groups is 1. The van der Waals surface area contributed by atoms with Crippen LogP contribution in [0.4, 0.5) is 0 Å². The van der Waals surface area contributed by atoms with Crippen LogP contribution in [0.2, 0.25) is 0 Å². The first kappa shape index (κ1) is 19.3. The molecule has 0 bridgehead atoms. The predicted molar refractivity (Wildman–Crippen MR) is 90.3 cm³/mol. The number of thioether (sulfide) groups is 1. The van der Waals surface area contributed by atoms with Gasteiger partial charge in [0.1, 0.15) is 11.5 Å². The molecule has 0 saturated carbocycles. The molecular formula is C14H24N4O4S. The van der Waals surface area contributed by atoms with Crippen molar-refractivity contribution in [1.82, 2.24) is 15.5 Å². The molecule has 0 saturated heterocycles. The van der Waals surface area contributed by atoms with E-state index in [-0.39, 0.29) is 6.61 Å². The van der Waals surface area contributed by atoms with Crippen LogP contribution >= 0.6 is 11.8 Å². The van der Waals surface area contributed by atoms with Crippen molar-refractivity contribution in [3.63, 3.8) is 0 Å². The second-order valence-corrected chi connectivity index (χ2v) is 6.22. The third-order valence-electron chi connectivity index (χ3n) is 2.89. The summed E-state index contributed by atoms with van der Waals surface area (Å²) in [6.07, 6.45) is 0.901. The smallest absolute Gasteiger partial charge is 0.274 e. The SMILES string of the molecule is CNC(=C[N+](=O)[O-])NCCSCc1cc(CO)c(CN(C)C)o1. The summed E-state index contributed by atoms with van der Waals surface area (Å²) in [6.45, 7) is 1.22. The van der Waals surface area contributed by atoms with Gasteiger partial charge in [-0.05, 0) is 20.2 Å². The lowest BCUT2D eigenvalue weighted by atomic mass is 10.2. The van der Waals surface area contributed by atoms with Crippen molar-refractivity contribution in [3.8, 4) is 0 Å². The van der Waals surface area contributed by atoms with E-state index in [2.05, 4.69) is 10.6 Å². The molecule has 0 fully saturated rings. The van der Waals surface area contributed by atoms with Crippen LogP contribution in [-0.4, -0.2) is 48.4 Å². The second-order valence-electron chi connectivity index (χ2n) is 5.11. The highest BCUT2D eigenvalue weighted by Crippen LogP contribution is 2.21. The largest absolute Gasteiger partial charge is 0.463 e. The van der Waals surface area contributed by atoms with E-state index < -0.39 is 4.92 Å². The van der Waals surface area contributed by atoms with Gasteiger partial charge in [-0.25, -0.2) is 0 Å². The lowest BCUT2D eigenvalue weighted by molar-refractivity contribution is -0.404. The number of nitrogens with one attached hydrogen (secondary N) is 2. The Labute approximate surface area is 140 Å². The summed E-state index contributed by atoms with van der Waals surface area (Å²) < 4.78 is 5.76. The van der Waals surface area contributed by atoms with Crippen LogP contribution in [0, 0.1) is 10.1 Å². The summed E-state index contributed by atoms with van der Waals surface area (Å²) >= 11 is 1.65. The van der Waals surface area contributed by atoms with Crippen molar-refractivity contribution >= 4 is 11.8 Å². The van der Waals surface area contributed by atoms with Crippen LogP contribution in [-0.2, 0) is 18.9 Å². The number of hydrogen-bond donors (Lipinski definition) is 3. The molecule has 1 aromatic heterocycles. The van der Waals surface area contributed by atoms with Crippen molar-refractivity contribution in [1.29, 1.82) is 0 Å². The molecule has 130 valence electrons. The van der Waals surface area contributed by atoms with Crippen molar-refractivity contribution in [3.05, 3.63) is 45.3 Å². The van der Waals surface area contributed by atoms with Gasteiger partial charge in [-0.2, -0.15) is 11.8 Å². The molecule has 8 nitrogen and oxygen atoms in total. The van der Waals surface area contributed by atoms with E-state index in [1.165, 1.54) is 0 Å². The van der Waals surface area contributed by atoms with E-state index in [1.54, 1.807) is 18.8 Å². The van der Waals surface area contributed by atoms with E-state index in [4.69, 9.17) is 4.42 Å². The Morgan fingerprint density at radius 2 is 2.30 bits per heavy atom. The fourth-order valence-corrected chi connectivity index (χ4v) is 2.62. The second kappa shape index (κ2) is 10.1. The first-order chi connectivity index (χ1) is 11.0. The van der Waals surface area contributed by atoms with Gasteiger partial charge in [-0.1, -0.05) is 0 Å². The molecule has 0 aliphatic rings. The topological polar surface area (TPSA) is 104 Å². The van der Waals surface area contributed by atoms with Gasteiger partial charge in [-0.15, -0.1) is 0 Å². The van der Waals surface area contributed by atoms with E-state index >= 15 is 0 Å². The maximum atomic E-state index is 10.4. The Bertz CT molecular complexity index is 531. The van der Waals surface area contributed by atoms with Gasteiger partial charge in [0, 0.05) is 24.9 Å². The normalized spacial score (nSPS) is 11.8. The van der Waals surface area contributed by atoms with Crippen LogP contribution in [0.15, 0.2) is 22.5 Å². The highest BCUT2D eigenvalue weighted by molar-refractivity contribution is 7.98. The van der Waals surface area contributed by atoms with Crippen molar-refractivity contribution in [2.45, 2.75) is 18.9 Å². The van der Waals surface area contributed by atoms with Crippen LogP contribution in [0.3, 0.4) is 0 Å². The minimum atomic E-state index is -0.502. The third-order valence-corrected chi connectivity index (χ3v) is 3.87. The zero-order valence-corrected chi connectivity index (χ0v) is 14.5. The zero-order valence-electron chi connectivity index (χ0n) is 13.7.